The highest BCUT2D eigenvalue weighted by Crippen LogP contribution is 2.45. The molecule has 2 heterocycles. The van der Waals surface area contributed by atoms with Gasteiger partial charge in [-0.3, -0.25) is 19.4 Å². The summed E-state index contributed by atoms with van der Waals surface area (Å²) in [5.74, 6) is 1.08. The monoisotopic (exact) mass is 588 g/mol. The molecule has 0 aliphatic carbocycles. The molecule has 0 saturated carbocycles. The Morgan fingerprint density at radius 2 is 1.06 bits per heavy atom. The van der Waals surface area contributed by atoms with Crippen molar-refractivity contribution in [3.63, 3.8) is 0 Å². The average Bonchev–Trinajstić information content (AvgIpc) is 3.36. The minimum atomic E-state index is -0.0655. The number of carbonyl (C=O) groups is 2. The number of rotatable bonds is 4. The summed E-state index contributed by atoms with van der Waals surface area (Å²) < 4.78 is 1.99. The molecule has 4 nitrogen and oxygen atoms in total. The van der Waals surface area contributed by atoms with Crippen molar-refractivity contribution in [1.82, 2.24) is 0 Å². The van der Waals surface area contributed by atoms with Crippen molar-refractivity contribution in [2.45, 2.75) is 10.7 Å². The van der Waals surface area contributed by atoms with Crippen molar-refractivity contribution in [3.05, 3.63) is 92.9 Å². The smallest absolute Gasteiger partial charge is 0.238 e. The van der Waals surface area contributed by atoms with E-state index in [1.807, 2.05) is 70.5 Å². The van der Waals surface area contributed by atoms with Gasteiger partial charge in [0.05, 0.1) is 11.5 Å². The predicted molar refractivity (Wildman–Crippen MR) is 140 cm³/mol. The lowest BCUT2D eigenvalue weighted by Crippen LogP contribution is -2.29. The first kappa shape index (κ1) is 22.1. The van der Waals surface area contributed by atoms with Gasteiger partial charge in [-0.25, -0.2) is 0 Å². The Hall–Kier alpha value is -1.74. The van der Waals surface area contributed by atoms with Crippen molar-refractivity contribution in [1.29, 1.82) is 0 Å². The maximum Gasteiger partial charge on any atom is 0.238 e. The normalized spacial score (nSPS) is 20.9. The van der Waals surface area contributed by atoms with Crippen molar-refractivity contribution in [3.8, 4) is 0 Å². The van der Waals surface area contributed by atoms with E-state index in [9.17, 15) is 9.59 Å². The number of thioether (sulfide) groups is 2. The zero-order valence-corrected chi connectivity index (χ0v) is 21.6. The van der Waals surface area contributed by atoms with Gasteiger partial charge in [-0.2, -0.15) is 0 Å². The molecule has 5 rings (SSSR count). The van der Waals surface area contributed by atoms with Crippen LogP contribution in [0.2, 0.25) is 0 Å². The summed E-state index contributed by atoms with van der Waals surface area (Å²) in [4.78, 5) is 29.2. The summed E-state index contributed by atoms with van der Waals surface area (Å²) in [6.07, 6.45) is 0. The summed E-state index contributed by atoms with van der Waals surface area (Å²) in [5, 5.41) is -0.131. The summed E-state index contributed by atoms with van der Waals surface area (Å²) in [5.41, 5.74) is 3.85. The predicted octanol–water partition coefficient (Wildman–Crippen LogP) is 6.77. The molecule has 2 atom stereocenters. The van der Waals surface area contributed by atoms with Crippen LogP contribution in [0, 0.1) is 0 Å². The molecule has 0 unspecified atom stereocenters. The largest absolute Gasteiger partial charge is 0.295 e. The second-order valence-corrected chi connectivity index (χ2v) is 11.4. The molecule has 3 aromatic carbocycles. The zero-order chi connectivity index (χ0) is 22.2. The van der Waals surface area contributed by atoms with Crippen LogP contribution >= 0.6 is 55.4 Å². The quantitative estimate of drug-likeness (QED) is 0.337. The van der Waals surface area contributed by atoms with E-state index in [0.717, 1.165) is 31.4 Å². The van der Waals surface area contributed by atoms with Gasteiger partial charge < -0.3 is 0 Å². The third kappa shape index (κ3) is 4.25. The van der Waals surface area contributed by atoms with Crippen LogP contribution in [0.5, 0.6) is 0 Å². The Morgan fingerprint density at radius 1 is 0.656 bits per heavy atom. The third-order valence-corrected chi connectivity index (χ3v) is 8.82. The minimum Gasteiger partial charge on any atom is -0.295 e. The topological polar surface area (TPSA) is 40.6 Å². The number of halogens is 2. The van der Waals surface area contributed by atoms with Gasteiger partial charge in [-0.05, 0) is 59.7 Å². The number of amides is 2. The number of benzene rings is 3. The van der Waals surface area contributed by atoms with Gasteiger partial charge in [-0.15, -0.1) is 23.5 Å². The fourth-order valence-corrected chi connectivity index (χ4v) is 7.16. The van der Waals surface area contributed by atoms with Crippen LogP contribution in [-0.4, -0.2) is 23.3 Å². The van der Waals surface area contributed by atoms with Gasteiger partial charge in [0, 0.05) is 20.3 Å². The van der Waals surface area contributed by atoms with E-state index in [2.05, 4.69) is 44.0 Å². The zero-order valence-electron chi connectivity index (χ0n) is 16.8. The maximum absolute atomic E-state index is 12.7. The Labute approximate surface area is 212 Å². The summed E-state index contributed by atoms with van der Waals surface area (Å²) in [6, 6.07) is 23.9. The average molecular weight is 590 g/mol. The molecule has 0 radical (unpaired) electrons. The van der Waals surface area contributed by atoms with Gasteiger partial charge in [-0.1, -0.05) is 56.1 Å². The minimum absolute atomic E-state index is 0.0655. The highest BCUT2D eigenvalue weighted by molar-refractivity contribution is 9.10. The molecule has 2 amide bonds. The SMILES string of the molecule is O=C1CS[C@@H](c2cccc(Br)c2)N1c1ccc(N2C(=O)CS[C@H]2c2cccc(Br)c2)cc1. The summed E-state index contributed by atoms with van der Waals surface area (Å²) >= 11 is 10.3. The molecule has 32 heavy (non-hydrogen) atoms. The van der Waals surface area contributed by atoms with E-state index < -0.39 is 0 Å². The first-order chi connectivity index (χ1) is 15.5. The Kier molecular flexibility index (Phi) is 6.38. The Morgan fingerprint density at radius 3 is 1.44 bits per heavy atom. The van der Waals surface area contributed by atoms with Crippen LogP contribution in [0.3, 0.4) is 0 Å². The van der Waals surface area contributed by atoms with Crippen molar-refractivity contribution >= 4 is 78.6 Å². The lowest BCUT2D eigenvalue weighted by atomic mass is 10.1. The van der Waals surface area contributed by atoms with Crippen LogP contribution in [0.15, 0.2) is 81.7 Å². The van der Waals surface area contributed by atoms with E-state index in [1.54, 1.807) is 23.5 Å². The van der Waals surface area contributed by atoms with Crippen LogP contribution < -0.4 is 9.80 Å². The van der Waals surface area contributed by atoms with Crippen LogP contribution in [0.4, 0.5) is 11.4 Å². The van der Waals surface area contributed by atoms with Gasteiger partial charge in [0.15, 0.2) is 0 Å². The van der Waals surface area contributed by atoms with Crippen molar-refractivity contribution in [2.75, 3.05) is 21.3 Å². The highest BCUT2D eigenvalue weighted by atomic mass is 79.9. The molecule has 8 heteroatoms. The van der Waals surface area contributed by atoms with Crippen LogP contribution in [0.25, 0.3) is 0 Å². The molecule has 162 valence electrons. The molecule has 2 fully saturated rings. The second-order valence-electron chi connectivity index (χ2n) is 7.48. The number of hydrogen-bond donors (Lipinski definition) is 0. The molecule has 3 aromatic rings. The van der Waals surface area contributed by atoms with E-state index in [4.69, 9.17) is 0 Å². The highest BCUT2D eigenvalue weighted by Gasteiger charge is 2.36. The standard InChI is InChI=1S/C24H18Br2N2O2S2/c25-17-5-1-3-15(11-17)23-27(21(29)13-31-23)19-7-9-20(10-8-19)28-22(30)14-32-24(28)16-4-2-6-18(26)12-16/h1-12,23-24H,13-14H2/t23-,24-/m0/s1. The molecular formula is C24H18Br2N2O2S2. The first-order valence-electron chi connectivity index (χ1n) is 9.99. The number of carbonyl (C=O) groups excluding carboxylic acids is 2. The summed E-state index contributed by atoms with van der Waals surface area (Å²) in [6.45, 7) is 0. The van der Waals surface area contributed by atoms with Crippen LogP contribution in [0.1, 0.15) is 21.9 Å². The van der Waals surface area contributed by atoms with E-state index >= 15 is 0 Å². The first-order valence-corrected chi connectivity index (χ1v) is 13.7. The molecule has 0 aromatic heterocycles. The molecule has 2 aliphatic heterocycles. The lowest BCUT2D eigenvalue weighted by Gasteiger charge is -2.27. The maximum atomic E-state index is 12.7. The lowest BCUT2D eigenvalue weighted by molar-refractivity contribution is -0.116. The Bertz CT molecular complexity index is 1100. The molecular weight excluding hydrogens is 572 g/mol. The van der Waals surface area contributed by atoms with E-state index in [-0.39, 0.29) is 22.6 Å². The molecule has 2 aliphatic rings. The van der Waals surface area contributed by atoms with E-state index in [0.29, 0.717) is 11.5 Å². The Balaban J connectivity index is 1.44. The number of anilines is 2. The third-order valence-electron chi connectivity index (χ3n) is 5.41. The van der Waals surface area contributed by atoms with Crippen molar-refractivity contribution < 1.29 is 9.59 Å². The summed E-state index contributed by atoms with van der Waals surface area (Å²) in [7, 11) is 0. The molecule has 0 spiro atoms. The van der Waals surface area contributed by atoms with Crippen molar-refractivity contribution in [2.24, 2.45) is 0 Å². The van der Waals surface area contributed by atoms with Gasteiger partial charge in [0.25, 0.3) is 0 Å². The second kappa shape index (κ2) is 9.25. The van der Waals surface area contributed by atoms with Crippen LogP contribution in [-0.2, 0) is 9.59 Å². The van der Waals surface area contributed by atoms with Gasteiger partial charge in [0.1, 0.15) is 10.7 Å². The van der Waals surface area contributed by atoms with E-state index in [1.165, 1.54) is 0 Å². The molecule has 0 N–H and O–H groups in total. The fraction of sp³-hybridized carbons (Fsp3) is 0.167. The molecule has 2 saturated heterocycles. The molecule has 0 bridgehead atoms. The number of hydrogen-bond acceptors (Lipinski definition) is 4. The number of nitrogens with zero attached hydrogens (tertiary/aromatic N) is 2. The van der Waals surface area contributed by atoms with Gasteiger partial charge >= 0.3 is 0 Å². The van der Waals surface area contributed by atoms with Gasteiger partial charge in [0.2, 0.25) is 11.8 Å². The fourth-order valence-electron chi connectivity index (χ4n) is 3.99.